The molecule has 0 bridgehead atoms. The third-order valence-electron chi connectivity index (χ3n) is 2.73. The Morgan fingerprint density at radius 1 is 1.40 bits per heavy atom. The molecular formula is C13H16N2O3S2. The maximum Gasteiger partial charge on any atom is 0.270 e. The Morgan fingerprint density at radius 3 is 2.60 bits per heavy atom. The molecule has 0 N–H and O–H groups in total. The molecule has 0 fully saturated rings. The summed E-state index contributed by atoms with van der Waals surface area (Å²) in [4.78, 5) is 24.1. The van der Waals surface area contributed by atoms with Gasteiger partial charge in [0, 0.05) is 30.8 Å². The van der Waals surface area contributed by atoms with Gasteiger partial charge in [-0.25, -0.2) is 0 Å². The lowest BCUT2D eigenvalue weighted by Crippen LogP contribution is -2.27. The Kier molecular flexibility index (Phi) is 6.60. The number of nitrogens with zero attached hydrogens (tertiary/aromatic N) is 2. The smallest absolute Gasteiger partial charge is 0.270 e. The van der Waals surface area contributed by atoms with Gasteiger partial charge in [-0.15, -0.1) is 0 Å². The number of nitro benzene ring substituents is 1. The Morgan fingerprint density at radius 2 is 2.05 bits per heavy atom. The molecule has 7 heteroatoms. The van der Waals surface area contributed by atoms with Crippen molar-refractivity contribution < 1.29 is 9.72 Å². The standard InChI is InChI=1S/C13H16N2O3S2/c1-3-14(4-2)13(19)20-9-12(16)10-6-5-7-11(8-10)15(17)18/h5-8H,3-4,9H2,1-2H3. The monoisotopic (exact) mass is 312 g/mol. The van der Waals surface area contributed by atoms with Gasteiger partial charge in [-0.1, -0.05) is 36.1 Å². The quantitative estimate of drug-likeness (QED) is 0.348. The van der Waals surface area contributed by atoms with Crippen molar-refractivity contribution in [3.8, 4) is 0 Å². The first-order valence-electron chi connectivity index (χ1n) is 6.18. The molecule has 0 aliphatic carbocycles. The summed E-state index contributed by atoms with van der Waals surface area (Å²) >= 11 is 6.53. The number of thiocarbonyl (C=S) groups is 1. The molecule has 0 unspecified atom stereocenters. The van der Waals surface area contributed by atoms with Crippen LogP contribution in [0.1, 0.15) is 24.2 Å². The van der Waals surface area contributed by atoms with E-state index in [1.54, 1.807) is 6.07 Å². The zero-order valence-corrected chi connectivity index (χ0v) is 13.0. The average Bonchev–Trinajstić information content (AvgIpc) is 2.46. The Bertz CT molecular complexity index is 516. The normalized spacial score (nSPS) is 10.1. The van der Waals surface area contributed by atoms with Crippen LogP contribution in [0.3, 0.4) is 0 Å². The van der Waals surface area contributed by atoms with Gasteiger partial charge in [-0.05, 0) is 13.8 Å². The zero-order valence-electron chi connectivity index (χ0n) is 11.4. The molecule has 0 heterocycles. The molecule has 0 radical (unpaired) electrons. The number of hydrogen-bond donors (Lipinski definition) is 0. The van der Waals surface area contributed by atoms with Gasteiger partial charge in [-0.2, -0.15) is 0 Å². The van der Waals surface area contributed by atoms with Crippen molar-refractivity contribution in [2.75, 3.05) is 18.8 Å². The lowest BCUT2D eigenvalue weighted by molar-refractivity contribution is -0.384. The van der Waals surface area contributed by atoms with Gasteiger partial charge in [0.05, 0.1) is 10.7 Å². The summed E-state index contributed by atoms with van der Waals surface area (Å²) in [5.74, 6) is 0.0319. The van der Waals surface area contributed by atoms with E-state index in [9.17, 15) is 14.9 Å². The van der Waals surface area contributed by atoms with E-state index in [1.165, 1.54) is 30.0 Å². The molecule has 108 valence electrons. The van der Waals surface area contributed by atoms with E-state index in [2.05, 4.69) is 0 Å². The molecule has 0 saturated heterocycles. The van der Waals surface area contributed by atoms with Crippen molar-refractivity contribution in [2.45, 2.75) is 13.8 Å². The molecule has 0 aliphatic rings. The summed E-state index contributed by atoms with van der Waals surface area (Å²) in [6, 6.07) is 5.75. The highest BCUT2D eigenvalue weighted by Gasteiger charge is 2.13. The van der Waals surface area contributed by atoms with Gasteiger partial charge in [0.1, 0.15) is 4.32 Å². The first kappa shape index (κ1) is 16.6. The molecule has 0 aromatic heterocycles. The first-order chi connectivity index (χ1) is 9.49. The first-order valence-corrected chi connectivity index (χ1v) is 7.58. The second kappa shape index (κ2) is 7.96. The van der Waals surface area contributed by atoms with Gasteiger partial charge in [-0.3, -0.25) is 14.9 Å². The van der Waals surface area contributed by atoms with Crippen molar-refractivity contribution in [1.82, 2.24) is 4.90 Å². The van der Waals surface area contributed by atoms with Crippen molar-refractivity contribution >= 4 is 39.8 Å². The largest absolute Gasteiger partial charge is 0.358 e. The summed E-state index contributed by atoms with van der Waals surface area (Å²) in [5, 5.41) is 10.7. The molecule has 0 atom stereocenters. The Labute approximate surface area is 127 Å². The molecule has 1 aromatic carbocycles. The van der Waals surface area contributed by atoms with Crippen LogP contribution in [0.25, 0.3) is 0 Å². The average molecular weight is 312 g/mol. The van der Waals surface area contributed by atoms with Crippen LogP contribution in [0.2, 0.25) is 0 Å². The molecule has 0 amide bonds. The number of non-ortho nitro benzene ring substituents is 1. The number of thioether (sulfide) groups is 1. The van der Waals surface area contributed by atoms with Crippen LogP contribution in [-0.2, 0) is 0 Å². The van der Waals surface area contributed by atoms with Crippen LogP contribution < -0.4 is 0 Å². The summed E-state index contributed by atoms with van der Waals surface area (Å²) in [6.45, 7) is 5.60. The van der Waals surface area contributed by atoms with Gasteiger partial charge in [0.25, 0.3) is 5.69 Å². The third-order valence-corrected chi connectivity index (χ3v) is 4.25. The number of rotatable bonds is 6. The molecule has 0 saturated carbocycles. The van der Waals surface area contributed by atoms with Gasteiger partial charge in [0.2, 0.25) is 0 Å². The summed E-state index contributed by atoms with van der Waals surface area (Å²) in [6.07, 6.45) is 0. The topological polar surface area (TPSA) is 63.5 Å². The lowest BCUT2D eigenvalue weighted by Gasteiger charge is -2.20. The molecule has 5 nitrogen and oxygen atoms in total. The Balaban J connectivity index is 2.65. The Hall–Kier alpha value is -1.47. The predicted octanol–water partition coefficient (Wildman–Crippen LogP) is 3.14. The summed E-state index contributed by atoms with van der Waals surface area (Å²) in [5.41, 5.74) is 0.265. The second-order valence-electron chi connectivity index (χ2n) is 3.96. The van der Waals surface area contributed by atoms with E-state index >= 15 is 0 Å². The van der Waals surface area contributed by atoms with Crippen LogP contribution in [0.5, 0.6) is 0 Å². The van der Waals surface area contributed by atoms with Crippen molar-refractivity contribution in [3.05, 3.63) is 39.9 Å². The molecular weight excluding hydrogens is 296 g/mol. The van der Waals surface area contributed by atoms with E-state index < -0.39 is 4.92 Å². The molecule has 0 spiro atoms. The van der Waals surface area contributed by atoms with Gasteiger partial charge < -0.3 is 4.90 Å². The number of carbonyl (C=O) groups excluding carboxylic acids is 1. The van der Waals surface area contributed by atoms with E-state index in [1.807, 2.05) is 18.7 Å². The number of Topliss-reactive ketones (excluding diaryl/α,β-unsaturated/α-hetero) is 1. The zero-order chi connectivity index (χ0) is 15.1. The highest BCUT2D eigenvalue weighted by Crippen LogP contribution is 2.16. The number of hydrogen-bond acceptors (Lipinski definition) is 5. The van der Waals surface area contributed by atoms with E-state index in [4.69, 9.17) is 12.2 Å². The molecule has 1 rings (SSSR count). The summed E-state index contributed by atoms with van der Waals surface area (Å²) in [7, 11) is 0. The van der Waals surface area contributed by atoms with Crippen LogP contribution in [0, 0.1) is 10.1 Å². The van der Waals surface area contributed by atoms with E-state index in [-0.39, 0.29) is 17.2 Å². The minimum atomic E-state index is -0.509. The SMILES string of the molecule is CCN(CC)C(=S)SCC(=O)c1cccc([N+](=O)[O-])c1. The highest BCUT2D eigenvalue weighted by molar-refractivity contribution is 8.23. The highest BCUT2D eigenvalue weighted by atomic mass is 32.2. The maximum atomic E-state index is 12.0. The molecule has 0 aliphatic heterocycles. The van der Waals surface area contributed by atoms with Gasteiger partial charge in [0.15, 0.2) is 5.78 Å². The minimum Gasteiger partial charge on any atom is -0.358 e. The fourth-order valence-electron chi connectivity index (χ4n) is 1.58. The fourth-order valence-corrected chi connectivity index (χ4v) is 2.87. The van der Waals surface area contributed by atoms with Crippen LogP contribution >= 0.6 is 24.0 Å². The van der Waals surface area contributed by atoms with Crippen LogP contribution in [0.15, 0.2) is 24.3 Å². The second-order valence-corrected chi connectivity index (χ2v) is 5.57. The third kappa shape index (κ3) is 4.57. The fraction of sp³-hybridized carbons (Fsp3) is 0.385. The number of carbonyl (C=O) groups is 1. The molecule has 20 heavy (non-hydrogen) atoms. The molecule has 1 aromatic rings. The van der Waals surface area contributed by atoms with Crippen molar-refractivity contribution in [3.63, 3.8) is 0 Å². The van der Waals surface area contributed by atoms with E-state index in [0.29, 0.717) is 9.88 Å². The number of ketones is 1. The maximum absolute atomic E-state index is 12.0. The number of nitro groups is 1. The minimum absolute atomic E-state index is 0.0767. The van der Waals surface area contributed by atoms with Crippen LogP contribution in [-0.4, -0.2) is 38.8 Å². The van der Waals surface area contributed by atoms with Crippen molar-refractivity contribution in [2.24, 2.45) is 0 Å². The van der Waals surface area contributed by atoms with E-state index in [0.717, 1.165) is 13.1 Å². The predicted molar refractivity (Wildman–Crippen MR) is 85.4 cm³/mol. The van der Waals surface area contributed by atoms with Crippen molar-refractivity contribution in [1.29, 1.82) is 0 Å². The number of benzene rings is 1. The van der Waals surface area contributed by atoms with Gasteiger partial charge >= 0.3 is 0 Å². The van der Waals surface area contributed by atoms with Crippen LogP contribution in [0.4, 0.5) is 5.69 Å². The lowest BCUT2D eigenvalue weighted by atomic mass is 10.1. The summed E-state index contributed by atoms with van der Waals surface area (Å²) < 4.78 is 0.675.